The Hall–Kier alpha value is -1.83. The first-order chi connectivity index (χ1) is 9.40. The molecule has 2 amide bonds. The third kappa shape index (κ3) is 8.30. The van der Waals surface area contributed by atoms with Crippen LogP contribution in [0.3, 0.4) is 0 Å². The Bertz CT molecular complexity index is 334. The van der Waals surface area contributed by atoms with Gasteiger partial charge in [0.2, 0.25) is 0 Å². The highest BCUT2D eigenvalue weighted by atomic mass is 16.5. The zero-order valence-corrected chi connectivity index (χ0v) is 12.0. The number of ether oxygens (including phenoxy) is 2. The van der Waals surface area contributed by atoms with Crippen LogP contribution in [0.2, 0.25) is 0 Å². The molecule has 0 fully saturated rings. The second kappa shape index (κ2) is 10.0. The fourth-order valence-corrected chi connectivity index (χ4v) is 1.36. The zero-order valence-electron chi connectivity index (χ0n) is 12.0. The molecule has 0 aliphatic heterocycles. The standard InChI is InChI=1S/C12H22N2O6/c1-4-20-11(17)5-6-14(2)12(18)13-8-9(19-3)7-10(15)16/h9H,4-8H2,1-3H3,(H,13,18)(H,15,16). The van der Waals surface area contributed by atoms with Gasteiger partial charge in [-0.25, -0.2) is 4.79 Å². The van der Waals surface area contributed by atoms with Crippen molar-refractivity contribution in [2.45, 2.75) is 25.9 Å². The van der Waals surface area contributed by atoms with E-state index in [9.17, 15) is 14.4 Å². The molecule has 0 saturated heterocycles. The lowest BCUT2D eigenvalue weighted by molar-refractivity contribution is -0.143. The summed E-state index contributed by atoms with van der Waals surface area (Å²) in [4.78, 5) is 34.7. The highest BCUT2D eigenvalue weighted by Gasteiger charge is 2.16. The number of rotatable bonds is 9. The molecule has 0 aliphatic rings. The summed E-state index contributed by atoms with van der Waals surface area (Å²) in [6.07, 6.45) is -0.668. The van der Waals surface area contributed by atoms with Gasteiger partial charge in [0, 0.05) is 27.2 Å². The lowest BCUT2D eigenvalue weighted by Crippen LogP contribution is -2.42. The fourth-order valence-electron chi connectivity index (χ4n) is 1.36. The van der Waals surface area contributed by atoms with Gasteiger partial charge < -0.3 is 24.8 Å². The van der Waals surface area contributed by atoms with Crippen molar-refractivity contribution in [3.63, 3.8) is 0 Å². The van der Waals surface area contributed by atoms with Crippen molar-refractivity contribution >= 4 is 18.0 Å². The number of aliphatic carboxylic acids is 1. The number of carbonyl (C=O) groups excluding carboxylic acids is 2. The molecule has 1 unspecified atom stereocenters. The van der Waals surface area contributed by atoms with Crippen LogP contribution >= 0.6 is 0 Å². The Morgan fingerprint density at radius 1 is 1.35 bits per heavy atom. The number of methoxy groups -OCH3 is 1. The number of carboxylic acid groups (broad SMARTS) is 1. The third-order valence-corrected chi connectivity index (χ3v) is 2.52. The molecule has 0 aromatic carbocycles. The molecule has 0 bridgehead atoms. The Kier molecular flexibility index (Phi) is 9.10. The molecule has 0 rings (SSSR count). The molecule has 0 saturated carbocycles. The van der Waals surface area contributed by atoms with Crippen molar-refractivity contribution < 1.29 is 29.0 Å². The Morgan fingerprint density at radius 2 is 2.00 bits per heavy atom. The average molecular weight is 290 g/mol. The first-order valence-electron chi connectivity index (χ1n) is 6.29. The van der Waals surface area contributed by atoms with E-state index in [-0.39, 0.29) is 31.9 Å². The maximum atomic E-state index is 11.7. The molecule has 1 atom stereocenters. The number of urea groups is 1. The number of amides is 2. The van der Waals surface area contributed by atoms with Crippen molar-refractivity contribution in [3.05, 3.63) is 0 Å². The predicted octanol–water partition coefficient (Wildman–Crippen LogP) is 0.0707. The minimum absolute atomic E-state index is 0.0887. The normalized spacial score (nSPS) is 11.6. The Labute approximate surface area is 118 Å². The highest BCUT2D eigenvalue weighted by Crippen LogP contribution is 1.97. The topological polar surface area (TPSA) is 105 Å². The Morgan fingerprint density at radius 3 is 2.50 bits per heavy atom. The van der Waals surface area contributed by atoms with E-state index < -0.39 is 18.1 Å². The van der Waals surface area contributed by atoms with E-state index >= 15 is 0 Å². The van der Waals surface area contributed by atoms with E-state index in [0.717, 1.165) is 0 Å². The molecule has 0 aromatic heterocycles. The van der Waals surface area contributed by atoms with Gasteiger partial charge in [0.15, 0.2) is 0 Å². The van der Waals surface area contributed by atoms with Crippen LogP contribution in [-0.4, -0.2) is 67.9 Å². The molecule has 8 heteroatoms. The summed E-state index contributed by atoms with van der Waals surface area (Å²) in [7, 11) is 2.91. The molecular weight excluding hydrogens is 268 g/mol. The van der Waals surface area contributed by atoms with Crippen LogP contribution in [0.1, 0.15) is 19.8 Å². The molecule has 116 valence electrons. The predicted molar refractivity (Wildman–Crippen MR) is 70.3 cm³/mol. The van der Waals surface area contributed by atoms with Crippen LogP contribution in [0, 0.1) is 0 Å². The van der Waals surface area contributed by atoms with E-state index in [1.165, 1.54) is 19.1 Å². The smallest absolute Gasteiger partial charge is 0.317 e. The van der Waals surface area contributed by atoms with E-state index in [1.54, 1.807) is 6.92 Å². The summed E-state index contributed by atoms with van der Waals surface area (Å²) < 4.78 is 9.68. The van der Waals surface area contributed by atoms with E-state index in [1.807, 2.05) is 0 Å². The summed E-state index contributed by atoms with van der Waals surface area (Å²) in [5, 5.41) is 11.2. The van der Waals surface area contributed by atoms with Crippen LogP contribution in [0.15, 0.2) is 0 Å². The van der Waals surface area contributed by atoms with Crippen molar-refractivity contribution in [1.29, 1.82) is 0 Å². The van der Waals surface area contributed by atoms with Gasteiger partial charge in [-0.2, -0.15) is 0 Å². The van der Waals surface area contributed by atoms with Crippen LogP contribution in [-0.2, 0) is 19.1 Å². The number of esters is 1. The van der Waals surface area contributed by atoms with Crippen LogP contribution in [0.5, 0.6) is 0 Å². The van der Waals surface area contributed by atoms with Crippen LogP contribution in [0.4, 0.5) is 4.79 Å². The van der Waals surface area contributed by atoms with Crippen LogP contribution in [0.25, 0.3) is 0 Å². The zero-order chi connectivity index (χ0) is 15.5. The van der Waals surface area contributed by atoms with E-state index in [0.29, 0.717) is 6.61 Å². The van der Waals surface area contributed by atoms with E-state index in [4.69, 9.17) is 14.6 Å². The molecule has 0 aromatic rings. The molecule has 20 heavy (non-hydrogen) atoms. The summed E-state index contributed by atoms with van der Waals surface area (Å²) in [5.74, 6) is -1.37. The second-order valence-corrected chi connectivity index (χ2v) is 4.12. The van der Waals surface area contributed by atoms with Gasteiger partial charge in [-0.1, -0.05) is 0 Å². The third-order valence-electron chi connectivity index (χ3n) is 2.52. The van der Waals surface area contributed by atoms with Gasteiger partial charge in [0.25, 0.3) is 0 Å². The SMILES string of the molecule is CCOC(=O)CCN(C)C(=O)NCC(CC(=O)O)OC. The second-order valence-electron chi connectivity index (χ2n) is 4.12. The number of hydrogen-bond donors (Lipinski definition) is 2. The van der Waals surface area contributed by atoms with Crippen LogP contribution < -0.4 is 5.32 Å². The van der Waals surface area contributed by atoms with Crippen molar-refractivity contribution in [1.82, 2.24) is 10.2 Å². The minimum Gasteiger partial charge on any atom is -0.481 e. The number of carboxylic acids is 1. The summed E-state index contributed by atoms with van der Waals surface area (Å²) >= 11 is 0. The maximum Gasteiger partial charge on any atom is 0.317 e. The van der Waals surface area contributed by atoms with Gasteiger partial charge in [0.1, 0.15) is 0 Å². The first kappa shape index (κ1) is 18.2. The van der Waals surface area contributed by atoms with Gasteiger partial charge in [-0.15, -0.1) is 0 Å². The van der Waals surface area contributed by atoms with Gasteiger partial charge in [0.05, 0.1) is 25.6 Å². The number of nitrogens with zero attached hydrogens (tertiary/aromatic N) is 1. The quantitative estimate of drug-likeness (QED) is 0.582. The lowest BCUT2D eigenvalue weighted by Gasteiger charge is -2.19. The monoisotopic (exact) mass is 290 g/mol. The molecular formula is C12H22N2O6. The summed E-state index contributed by atoms with van der Waals surface area (Å²) in [6.45, 7) is 2.33. The maximum absolute atomic E-state index is 11.7. The number of hydrogen-bond acceptors (Lipinski definition) is 5. The highest BCUT2D eigenvalue weighted by molar-refractivity contribution is 5.75. The van der Waals surface area contributed by atoms with E-state index in [2.05, 4.69) is 5.32 Å². The molecule has 2 N–H and O–H groups in total. The fraction of sp³-hybridized carbons (Fsp3) is 0.750. The number of carbonyl (C=O) groups is 3. The first-order valence-corrected chi connectivity index (χ1v) is 6.29. The lowest BCUT2D eigenvalue weighted by atomic mass is 10.2. The summed E-state index contributed by atoms with van der Waals surface area (Å²) in [6, 6.07) is -0.401. The van der Waals surface area contributed by atoms with Gasteiger partial charge >= 0.3 is 18.0 Å². The van der Waals surface area contributed by atoms with Crippen molar-refractivity contribution in [3.8, 4) is 0 Å². The largest absolute Gasteiger partial charge is 0.481 e. The Balaban J connectivity index is 4.00. The van der Waals surface area contributed by atoms with Gasteiger partial charge in [-0.3, -0.25) is 9.59 Å². The molecule has 0 heterocycles. The molecule has 0 spiro atoms. The molecule has 8 nitrogen and oxygen atoms in total. The summed E-state index contributed by atoms with van der Waals surface area (Å²) in [5.41, 5.74) is 0. The molecule has 0 radical (unpaired) electrons. The van der Waals surface area contributed by atoms with Crippen molar-refractivity contribution in [2.75, 3.05) is 33.9 Å². The molecule has 0 aliphatic carbocycles. The number of nitrogens with one attached hydrogen (secondary N) is 1. The van der Waals surface area contributed by atoms with Crippen molar-refractivity contribution in [2.24, 2.45) is 0 Å². The average Bonchev–Trinajstić information content (AvgIpc) is 2.40. The minimum atomic E-state index is -0.998. The van der Waals surface area contributed by atoms with Gasteiger partial charge in [-0.05, 0) is 6.92 Å².